The fourth-order valence-corrected chi connectivity index (χ4v) is 8.23. The van der Waals surface area contributed by atoms with Crippen LogP contribution >= 0.6 is 0 Å². The standard InChI is InChI=1S/C50H32N4/c1-3-14-33(15-4-1)35-18-13-19-38(30-35)53-45-24-11-8-20-39(45)41-28-26-36(31-47(41)53)37-27-29-42-40-21-9-12-25-46(40)54(48(42)32-37)50-51-44-23-10-7-22-43(44)49(52-50)34-16-5-2-6-17-34/h1-32H. The number of fused-ring (bicyclic) bond motifs is 7. The van der Waals surface area contributed by atoms with Crippen molar-refractivity contribution >= 4 is 54.5 Å². The first kappa shape index (κ1) is 30.3. The van der Waals surface area contributed by atoms with E-state index in [2.05, 4.69) is 191 Å². The summed E-state index contributed by atoms with van der Waals surface area (Å²) < 4.78 is 4.64. The average molecular weight is 689 g/mol. The number of hydrogen-bond acceptors (Lipinski definition) is 2. The Hall–Kier alpha value is -7.30. The van der Waals surface area contributed by atoms with E-state index in [1.54, 1.807) is 0 Å². The SMILES string of the molecule is c1ccc(-c2cccc(-n3c4ccccc4c4ccc(-c5ccc6c7ccccc7n(-c7nc(-c8ccccc8)c8ccccc8n7)c6c5)cc43)c2)cc1. The highest BCUT2D eigenvalue weighted by Crippen LogP contribution is 2.39. The minimum atomic E-state index is 0.657. The van der Waals surface area contributed by atoms with Crippen LogP contribution < -0.4 is 0 Å². The fourth-order valence-electron chi connectivity index (χ4n) is 8.23. The van der Waals surface area contributed by atoms with Crippen LogP contribution in [0.1, 0.15) is 0 Å². The van der Waals surface area contributed by atoms with Gasteiger partial charge in [-0.05, 0) is 64.7 Å². The predicted octanol–water partition coefficient (Wildman–Crippen LogP) is 12.8. The highest BCUT2D eigenvalue weighted by Gasteiger charge is 2.19. The van der Waals surface area contributed by atoms with Crippen molar-refractivity contribution in [2.45, 2.75) is 0 Å². The molecule has 3 heterocycles. The third kappa shape index (κ3) is 4.78. The van der Waals surface area contributed by atoms with Gasteiger partial charge in [-0.15, -0.1) is 0 Å². The molecule has 11 aromatic rings. The highest BCUT2D eigenvalue weighted by molar-refractivity contribution is 6.12. The minimum absolute atomic E-state index is 0.657. The summed E-state index contributed by atoms with van der Waals surface area (Å²) >= 11 is 0. The van der Waals surface area contributed by atoms with E-state index in [9.17, 15) is 0 Å². The molecular weight excluding hydrogens is 657 g/mol. The summed E-state index contributed by atoms with van der Waals surface area (Å²) in [6.45, 7) is 0. The molecule has 3 aromatic heterocycles. The van der Waals surface area contributed by atoms with Crippen molar-refractivity contribution in [2.75, 3.05) is 0 Å². The van der Waals surface area contributed by atoms with E-state index in [0.29, 0.717) is 5.95 Å². The van der Waals surface area contributed by atoms with E-state index in [4.69, 9.17) is 9.97 Å². The van der Waals surface area contributed by atoms with Crippen molar-refractivity contribution in [3.63, 3.8) is 0 Å². The highest BCUT2D eigenvalue weighted by atomic mass is 15.2. The van der Waals surface area contributed by atoms with E-state index in [0.717, 1.165) is 50.0 Å². The summed E-state index contributed by atoms with van der Waals surface area (Å²) in [6.07, 6.45) is 0. The molecular formula is C50H32N4. The van der Waals surface area contributed by atoms with Crippen LogP contribution in [0.5, 0.6) is 0 Å². The number of para-hydroxylation sites is 3. The number of hydrogen-bond donors (Lipinski definition) is 0. The Kier molecular flexibility index (Phi) is 6.82. The molecule has 0 bridgehead atoms. The third-order valence-corrected chi connectivity index (χ3v) is 10.7. The van der Waals surface area contributed by atoms with E-state index >= 15 is 0 Å². The molecule has 0 saturated heterocycles. The van der Waals surface area contributed by atoms with Crippen LogP contribution in [0.15, 0.2) is 194 Å². The van der Waals surface area contributed by atoms with Gasteiger partial charge in [0, 0.05) is 38.2 Å². The molecule has 4 heteroatoms. The normalized spacial score (nSPS) is 11.7. The molecule has 0 atom stereocenters. The van der Waals surface area contributed by atoms with Crippen LogP contribution in [0.3, 0.4) is 0 Å². The van der Waals surface area contributed by atoms with Crippen molar-refractivity contribution in [1.82, 2.24) is 19.1 Å². The van der Waals surface area contributed by atoms with Crippen LogP contribution in [0.25, 0.3) is 99.7 Å². The lowest BCUT2D eigenvalue weighted by Crippen LogP contribution is -2.03. The van der Waals surface area contributed by atoms with E-state index in [-0.39, 0.29) is 0 Å². The third-order valence-electron chi connectivity index (χ3n) is 10.7. The Labute approximate surface area is 311 Å². The molecule has 252 valence electrons. The second kappa shape index (κ2) is 12.1. The zero-order valence-corrected chi connectivity index (χ0v) is 29.3. The van der Waals surface area contributed by atoms with Crippen molar-refractivity contribution in [2.24, 2.45) is 0 Å². The van der Waals surface area contributed by atoms with Gasteiger partial charge in [0.1, 0.15) is 0 Å². The fraction of sp³-hybridized carbons (Fsp3) is 0. The first-order valence-electron chi connectivity index (χ1n) is 18.3. The molecule has 11 rings (SSSR count). The van der Waals surface area contributed by atoms with E-state index < -0.39 is 0 Å². The molecule has 0 radical (unpaired) electrons. The van der Waals surface area contributed by atoms with Crippen LogP contribution in [0.4, 0.5) is 0 Å². The zero-order valence-electron chi connectivity index (χ0n) is 29.3. The van der Waals surface area contributed by atoms with Gasteiger partial charge in [-0.25, -0.2) is 9.97 Å². The lowest BCUT2D eigenvalue weighted by molar-refractivity contribution is 1.01. The largest absolute Gasteiger partial charge is 0.309 e. The van der Waals surface area contributed by atoms with Gasteiger partial charge >= 0.3 is 0 Å². The molecule has 0 spiro atoms. The second-order valence-corrected chi connectivity index (χ2v) is 13.8. The van der Waals surface area contributed by atoms with Gasteiger partial charge in [0.15, 0.2) is 0 Å². The zero-order chi connectivity index (χ0) is 35.6. The molecule has 0 saturated carbocycles. The second-order valence-electron chi connectivity index (χ2n) is 13.8. The number of nitrogens with zero attached hydrogens (tertiary/aromatic N) is 4. The molecule has 4 nitrogen and oxygen atoms in total. The number of benzene rings is 8. The van der Waals surface area contributed by atoms with Crippen molar-refractivity contribution in [3.8, 4) is 45.1 Å². The van der Waals surface area contributed by atoms with Crippen LogP contribution in [0, 0.1) is 0 Å². The molecule has 0 aliphatic carbocycles. The number of rotatable bonds is 5. The van der Waals surface area contributed by atoms with Crippen molar-refractivity contribution in [3.05, 3.63) is 194 Å². The lowest BCUT2D eigenvalue weighted by atomic mass is 10.0. The average Bonchev–Trinajstić information content (AvgIpc) is 3.76. The van der Waals surface area contributed by atoms with Gasteiger partial charge in [-0.1, -0.05) is 152 Å². The Bertz CT molecular complexity index is 3210. The van der Waals surface area contributed by atoms with Gasteiger partial charge in [0.05, 0.1) is 33.3 Å². The van der Waals surface area contributed by atoms with Crippen LogP contribution in [-0.2, 0) is 0 Å². The lowest BCUT2D eigenvalue weighted by Gasteiger charge is -2.12. The molecule has 0 N–H and O–H groups in total. The first-order chi connectivity index (χ1) is 26.8. The summed E-state index contributed by atoms with van der Waals surface area (Å²) in [5, 5.41) is 5.84. The van der Waals surface area contributed by atoms with Gasteiger partial charge < -0.3 is 4.57 Å². The summed E-state index contributed by atoms with van der Waals surface area (Å²) in [7, 11) is 0. The van der Waals surface area contributed by atoms with E-state index in [1.165, 1.54) is 43.7 Å². The van der Waals surface area contributed by atoms with Crippen LogP contribution in [0.2, 0.25) is 0 Å². The molecule has 0 unspecified atom stereocenters. The monoisotopic (exact) mass is 688 g/mol. The van der Waals surface area contributed by atoms with Gasteiger partial charge in [0.2, 0.25) is 5.95 Å². The van der Waals surface area contributed by atoms with Gasteiger partial charge in [0.25, 0.3) is 0 Å². The Morgan fingerprint density at radius 1 is 0.296 bits per heavy atom. The first-order valence-corrected chi connectivity index (χ1v) is 18.3. The molecule has 8 aromatic carbocycles. The molecule has 0 amide bonds. The maximum Gasteiger partial charge on any atom is 0.235 e. The van der Waals surface area contributed by atoms with Crippen molar-refractivity contribution in [1.29, 1.82) is 0 Å². The molecule has 54 heavy (non-hydrogen) atoms. The molecule has 0 fully saturated rings. The summed E-state index contributed by atoms with van der Waals surface area (Å²) in [5.74, 6) is 0.657. The topological polar surface area (TPSA) is 35.6 Å². The maximum absolute atomic E-state index is 5.30. The smallest absolute Gasteiger partial charge is 0.235 e. The summed E-state index contributed by atoms with van der Waals surface area (Å²) in [4.78, 5) is 10.5. The predicted molar refractivity (Wildman–Crippen MR) is 225 cm³/mol. The van der Waals surface area contributed by atoms with Crippen molar-refractivity contribution < 1.29 is 0 Å². The Morgan fingerprint density at radius 2 is 0.796 bits per heavy atom. The summed E-state index contributed by atoms with van der Waals surface area (Å²) in [5.41, 5.74) is 13.2. The van der Waals surface area contributed by atoms with Gasteiger partial charge in [-0.2, -0.15) is 0 Å². The summed E-state index contributed by atoms with van der Waals surface area (Å²) in [6, 6.07) is 69.1. The van der Waals surface area contributed by atoms with Gasteiger partial charge in [-0.3, -0.25) is 4.57 Å². The molecule has 0 aliphatic heterocycles. The van der Waals surface area contributed by atoms with Crippen LogP contribution in [-0.4, -0.2) is 19.1 Å². The quantitative estimate of drug-likeness (QED) is 0.180. The Morgan fingerprint density at radius 3 is 1.48 bits per heavy atom. The Balaban J connectivity index is 1.13. The number of aromatic nitrogens is 4. The van der Waals surface area contributed by atoms with E-state index in [1.807, 2.05) is 12.1 Å². The molecule has 0 aliphatic rings. The minimum Gasteiger partial charge on any atom is -0.309 e. The maximum atomic E-state index is 5.30.